The molecule has 1 aromatic carbocycles. The molecule has 4 aromatic rings. The fourth-order valence-corrected chi connectivity index (χ4v) is 4.94. The number of amides is 1. The van der Waals surface area contributed by atoms with Crippen molar-refractivity contribution in [2.45, 2.75) is 32.7 Å². The summed E-state index contributed by atoms with van der Waals surface area (Å²) in [5.41, 5.74) is 3.27. The van der Waals surface area contributed by atoms with Gasteiger partial charge in [0.05, 0.1) is 5.92 Å². The summed E-state index contributed by atoms with van der Waals surface area (Å²) >= 11 is 6.14. The minimum Gasteiger partial charge on any atom is -0.361 e. The number of pyridine rings is 1. The summed E-state index contributed by atoms with van der Waals surface area (Å²) in [5.74, 6) is 0.225. The molecule has 2 N–H and O–H groups in total. The van der Waals surface area contributed by atoms with Gasteiger partial charge in [-0.3, -0.25) is 14.2 Å². The lowest BCUT2D eigenvalue weighted by atomic mass is 9.97. The first-order valence-corrected chi connectivity index (χ1v) is 12.1. The maximum absolute atomic E-state index is 13.1. The van der Waals surface area contributed by atoms with Gasteiger partial charge in [-0.1, -0.05) is 11.6 Å². The zero-order valence-electron chi connectivity index (χ0n) is 19.1. The van der Waals surface area contributed by atoms with Gasteiger partial charge in [0.15, 0.2) is 11.5 Å². The van der Waals surface area contributed by atoms with Crippen LogP contribution < -0.4 is 15.8 Å². The highest BCUT2D eigenvalue weighted by molar-refractivity contribution is 6.31. The predicted molar refractivity (Wildman–Crippen MR) is 134 cm³/mol. The number of H-pyrrole nitrogens is 1. The molecule has 5 rings (SSSR count). The van der Waals surface area contributed by atoms with E-state index in [2.05, 4.69) is 20.3 Å². The van der Waals surface area contributed by atoms with Crippen molar-refractivity contribution in [2.24, 2.45) is 5.92 Å². The SMILES string of the molecule is CCn1c(=O)c(N2CCCC(C(=O)NCCc3c[nH]c4ccc(Cl)cc34)C2)nc2cccnc21. The molecule has 1 saturated heterocycles. The van der Waals surface area contributed by atoms with Gasteiger partial charge >= 0.3 is 0 Å². The van der Waals surface area contributed by atoms with Crippen LogP contribution in [0, 0.1) is 5.92 Å². The second-order valence-corrected chi connectivity index (χ2v) is 9.10. The number of aromatic amines is 1. The zero-order chi connectivity index (χ0) is 23.7. The summed E-state index contributed by atoms with van der Waals surface area (Å²) in [6, 6.07) is 9.44. The van der Waals surface area contributed by atoms with Crippen LogP contribution in [0.5, 0.6) is 0 Å². The minimum atomic E-state index is -0.188. The number of nitrogens with one attached hydrogen (secondary N) is 2. The van der Waals surface area contributed by atoms with Crippen LogP contribution in [-0.4, -0.2) is 45.1 Å². The highest BCUT2D eigenvalue weighted by atomic mass is 35.5. The van der Waals surface area contributed by atoms with E-state index in [-0.39, 0.29) is 17.4 Å². The lowest BCUT2D eigenvalue weighted by Gasteiger charge is -2.32. The number of aromatic nitrogens is 4. The van der Waals surface area contributed by atoms with Crippen molar-refractivity contribution in [1.29, 1.82) is 0 Å². The third kappa shape index (κ3) is 4.25. The van der Waals surface area contributed by atoms with Gasteiger partial charge in [0.1, 0.15) is 5.52 Å². The molecule has 4 heterocycles. The second kappa shape index (κ2) is 9.46. The summed E-state index contributed by atoms with van der Waals surface area (Å²) in [6.45, 7) is 4.16. The number of hydrogen-bond donors (Lipinski definition) is 2. The quantitative estimate of drug-likeness (QED) is 0.442. The molecular formula is C25H27ClN6O2. The molecule has 0 saturated carbocycles. The Morgan fingerprint density at radius 3 is 3.06 bits per heavy atom. The average Bonchev–Trinajstić information content (AvgIpc) is 3.25. The van der Waals surface area contributed by atoms with E-state index < -0.39 is 0 Å². The first-order chi connectivity index (χ1) is 16.5. The van der Waals surface area contributed by atoms with Gasteiger partial charge in [0.2, 0.25) is 5.91 Å². The summed E-state index contributed by atoms with van der Waals surface area (Å²) in [7, 11) is 0. The number of fused-ring (bicyclic) bond motifs is 2. The number of carbonyl (C=O) groups excluding carboxylic acids is 1. The Hall–Kier alpha value is -3.39. The van der Waals surface area contributed by atoms with Gasteiger partial charge in [-0.25, -0.2) is 9.97 Å². The Morgan fingerprint density at radius 1 is 1.32 bits per heavy atom. The van der Waals surface area contributed by atoms with Crippen molar-refractivity contribution in [3.8, 4) is 0 Å². The molecule has 34 heavy (non-hydrogen) atoms. The van der Waals surface area contributed by atoms with Crippen molar-refractivity contribution >= 4 is 45.4 Å². The number of piperidine rings is 1. The number of hydrogen-bond acceptors (Lipinski definition) is 5. The van der Waals surface area contributed by atoms with Crippen LogP contribution in [0.3, 0.4) is 0 Å². The Balaban J connectivity index is 1.27. The molecule has 0 radical (unpaired) electrons. The van der Waals surface area contributed by atoms with Crippen LogP contribution in [0.1, 0.15) is 25.3 Å². The molecule has 8 nitrogen and oxygen atoms in total. The van der Waals surface area contributed by atoms with E-state index in [4.69, 9.17) is 11.6 Å². The molecule has 0 aliphatic carbocycles. The van der Waals surface area contributed by atoms with Gasteiger partial charge in [-0.15, -0.1) is 0 Å². The van der Waals surface area contributed by atoms with Crippen molar-refractivity contribution in [1.82, 2.24) is 24.8 Å². The molecule has 0 spiro atoms. The fraction of sp³-hybridized carbons (Fsp3) is 0.360. The Bertz CT molecular complexity index is 1410. The molecule has 1 fully saturated rings. The molecule has 9 heteroatoms. The molecule has 1 amide bonds. The molecule has 1 aliphatic rings. The molecule has 1 atom stereocenters. The Kier molecular flexibility index (Phi) is 6.24. The second-order valence-electron chi connectivity index (χ2n) is 8.66. The van der Waals surface area contributed by atoms with Crippen LogP contribution >= 0.6 is 11.6 Å². The number of rotatable bonds is 6. The first kappa shape index (κ1) is 22.4. The number of nitrogens with zero attached hydrogens (tertiary/aromatic N) is 4. The summed E-state index contributed by atoms with van der Waals surface area (Å²) in [4.78, 5) is 40.2. The standard InChI is InChI=1S/C25H27ClN6O2/c1-2-32-22-21(6-3-10-27-22)30-23(25(32)34)31-12-4-5-17(15-31)24(33)28-11-9-16-14-29-20-8-7-18(26)13-19(16)20/h3,6-8,10,13-14,17,29H,2,4-5,9,11-12,15H2,1H3,(H,28,33). The first-order valence-electron chi connectivity index (χ1n) is 11.7. The van der Waals surface area contributed by atoms with Gasteiger partial charge in [-0.2, -0.15) is 0 Å². The summed E-state index contributed by atoms with van der Waals surface area (Å²) in [6.07, 6.45) is 5.97. The molecule has 176 valence electrons. The maximum atomic E-state index is 13.1. The largest absolute Gasteiger partial charge is 0.361 e. The van der Waals surface area contributed by atoms with Crippen LogP contribution in [0.15, 0.2) is 47.5 Å². The zero-order valence-corrected chi connectivity index (χ0v) is 19.8. The maximum Gasteiger partial charge on any atom is 0.295 e. The van der Waals surface area contributed by atoms with E-state index in [0.717, 1.165) is 29.3 Å². The molecular weight excluding hydrogens is 452 g/mol. The van der Waals surface area contributed by atoms with Crippen molar-refractivity contribution in [2.75, 3.05) is 24.5 Å². The van der Waals surface area contributed by atoms with Gasteiger partial charge in [0, 0.05) is 54.5 Å². The van der Waals surface area contributed by atoms with Crippen LogP contribution in [0.4, 0.5) is 5.82 Å². The number of halogens is 1. The summed E-state index contributed by atoms with van der Waals surface area (Å²) in [5, 5.41) is 4.86. The number of anilines is 1. The van der Waals surface area contributed by atoms with E-state index in [1.54, 1.807) is 10.8 Å². The molecule has 3 aromatic heterocycles. The number of aryl methyl sites for hydroxylation is 1. The van der Waals surface area contributed by atoms with E-state index in [9.17, 15) is 9.59 Å². The average molecular weight is 479 g/mol. The Labute approximate surface area is 202 Å². The third-order valence-corrected chi connectivity index (χ3v) is 6.75. The van der Waals surface area contributed by atoms with Crippen molar-refractivity contribution < 1.29 is 4.79 Å². The smallest absolute Gasteiger partial charge is 0.295 e. The molecule has 1 unspecified atom stereocenters. The predicted octanol–water partition coefficient (Wildman–Crippen LogP) is 3.52. The highest BCUT2D eigenvalue weighted by Crippen LogP contribution is 2.23. The molecule has 0 bridgehead atoms. The highest BCUT2D eigenvalue weighted by Gasteiger charge is 2.28. The Morgan fingerprint density at radius 2 is 2.21 bits per heavy atom. The third-order valence-electron chi connectivity index (χ3n) is 6.52. The lowest BCUT2D eigenvalue weighted by Crippen LogP contribution is -2.46. The van der Waals surface area contributed by atoms with E-state index >= 15 is 0 Å². The van der Waals surface area contributed by atoms with Crippen molar-refractivity contribution in [3.63, 3.8) is 0 Å². The van der Waals surface area contributed by atoms with Gasteiger partial charge in [0.25, 0.3) is 5.56 Å². The van der Waals surface area contributed by atoms with Gasteiger partial charge in [-0.05, 0) is 62.1 Å². The van der Waals surface area contributed by atoms with Gasteiger partial charge < -0.3 is 15.2 Å². The topological polar surface area (TPSA) is 95.9 Å². The monoisotopic (exact) mass is 478 g/mol. The lowest BCUT2D eigenvalue weighted by molar-refractivity contribution is -0.125. The van der Waals surface area contributed by atoms with Crippen LogP contribution in [0.25, 0.3) is 22.1 Å². The van der Waals surface area contributed by atoms with Crippen molar-refractivity contribution in [3.05, 3.63) is 63.7 Å². The molecule has 1 aliphatic heterocycles. The van der Waals surface area contributed by atoms with E-state index in [0.29, 0.717) is 54.6 Å². The van der Waals surface area contributed by atoms with Crippen LogP contribution in [-0.2, 0) is 17.8 Å². The van der Waals surface area contributed by atoms with E-state index in [1.165, 1.54) is 0 Å². The minimum absolute atomic E-state index is 0.0147. The fourth-order valence-electron chi connectivity index (χ4n) is 4.77. The summed E-state index contributed by atoms with van der Waals surface area (Å²) < 4.78 is 1.65. The normalized spacial score (nSPS) is 16.3. The number of carbonyl (C=O) groups is 1. The van der Waals surface area contributed by atoms with Crippen LogP contribution in [0.2, 0.25) is 5.02 Å². The number of benzene rings is 1. The van der Waals surface area contributed by atoms with E-state index in [1.807, 2.05) is 48.4 Å².